The molecule has 3 nitrogen and oxygen atoms in total. The maximum Gasteiger partial charge on any atom is 0.223 e. The standard InChI is InChI=1S/C22H25FN2OS/c23-19-7-3-6-18(15-19)21-9-8-20(27-21)16-24-10-12-25(13-11-24)22(26)14-17-4-1-2-5-17/h1,3-4,6-9,15,17H,2,5,10-14,16H2. The molecule has 1 atom stereocenters. The van der Waals surface area contributed by atoms with Crippen LogP contribution < -0.4 is 0 Å². The Labute approximate surface area is 164 Å². The van der Waals surface area contributed by atoms with Crippen molar-refractivity contribution in [3.8, 4) is 10.4 Å². The summed E-state index contributed by atoms with van der Waals surface area (Å²) in [6, 6.07) is 11.0. The minimum Gasteiger partial charge on any atom is -0.340 e. The Kier molecular flexibility index (Phi) is 5.69. The monoisotopic (exact) mass is 384 g/mol. The average Bonchev–Trinajstić information content (AvgIpc) is 3.34. The molecule has 1 aliphatic heterocycles. The molecule has 2 heterocycles. The molecule has 0 spiro atoms. The minimum atomic E-state index is -0.198. The summed E-state index contributed by atoms with van der Waals surface area (Å²) < 4.78 is 13.4. The molecule has 142 valence electrons. The molecule has 0 N–H and O–H groups in total. The van der Waals surface area contributed by atoms with Crippen molar-refractivity contribution in [2.24, 2.45) is 5.92 Å². The van der Waals surface area contributed by atoms with Gasteiger partial charge in [-0.05, 0) is 48.6 Å². The Bertz CT molecular complexity index is 823. The van der Waals surface area contributed by atoms with Crippen LogP contribution in [0.1, 0.15) is 24.1 Å². The third-order valence-corrected chi connectivity index (χ3v) is 6.54. The van der Waals surface area contributed by atoms with Gasteiger partial charge in [0.05, 0.1) is 0 Å². The second-order valence-electron chi connectivity index (χ2n) is 7.40. The first-order chi connectivity index (χ1) is 13.2. The normalized spacial score (nSPS) is 20.3. The highest BCUT2D eigenvalue weighted by Crippen LogP contribution is 2.29. The minimum absolute atomic E-state index is 0.198. The van der Waals surface area contributed by atoms with Crippen molar-refractivity contribution in [3.05, 3.63) is 59.2 Å². The first kappa shape index (κ1) is 18.4. The van der Waals surface area contributed by atoms with Crippen LogP contribution in [-0.2, 0) is 11.3 Å². The van der Waals surface area contributed by atoms with Crippen molar-refractivity contribution in [1.29, 1.82) is 0 Å². The van der Waals surface area contributed by atoms with Crippen LogP contribution in [-0.4, -0.2) is 41.9 Å². The molecule has 1 saturated heterocycles. The zero-order valence-corrected chi connectivity index (χ0v) is 16.3. The molecular formula is C22H25FN2OS. The van der Waals surface area contributed by atoms with E-state index in [9.17, 15) is 9.18 Å². The third-order valence-electron chi connectivity index (χ3n) is 5.42. The summed E-state index contributed by atoms with van der Waals surface area (Å²) in [6.45, 7) is 4.36. The van der Waals surface area contributed by atoms with Crippen LogP contribution in [0.15, 0.2) is 48.6 Å². The van der Waals surface area contributed by atoms with E-state index >= 15 is 0 Å². The lowest BCUT2D eigenvalue weighted by Crippen LogP contribution is -2.48. The van der Waals surface area contributed by atoms with E-state index in [1.54, 1.807) is 23.5 Å². The maximum atomic E-state index is 13.4. The Morgan fingerprint density at radius 2 is 2.00 bits per heavy atom. The van der Waals surface area contributed by atoms with Crippen molar-refractivity contribution in [2.45, 2.75) is 25.8 Å². The second-order valence-corrected chi connectivity index (χ2v) is 8.57. The first-order valence-corrected chi connectivity index (χ1v) is 10.5. The predicted octanol–water partition coefficient (Wildman–Crippen LogP) is 4.55. The number of amides is 1. The van der Waals surface area contributed by atoms with Gasteiger partial charge < -0.3 is 4.90 Å². The van der Waals surface area contributed by atoms with Gasteiger partial charge in [0.1, 0.15) is 5.82 Å². The molecule has 1 aromatic carbocycles. The summed E-state index contributed by atoms with van der Waals surface area (Å²) >= 11 is 1.72. The fraction of sp³-hybridized carbons (Fsp3) is 0.409. The van der Waals surface area contributed by atoms with Crippen LogP contribution in [0.3, 0.4) is 0 Å². The molecule has 2 aliphatic rings. The van der Waals surface area contributed by atoms with Gasteiger partial charge in [0, 0.05) is 48.9 Å². The van der Waals surface area contributed by atoms with Crippen molar-refractivity contribution < 1.29 is 9.18 Å². The van der Waals surface area contributed by atoms with Gasteiger partial charge in [-0.3, -0.25) is 9.69 Å². The molecule has 1 aliphatic carbocycles. The lowest BCUT2D eigenvalue weighted by Gasteiger charge is -2.35. The fourth-order valence-electron chi connectivity index (χ4n) is 3.85. The van der Waals surface area contributed by atoms with Crippen LogP contribution in [0.25, 0.3) is 10.4 Å². The van der Waals surface area contributed by atoms with E-state index in [2.05, 4.69) is 29.2 Å². The van der Waals surface area contributed by atoms with Crippen LogP contribution in [0.2, 0.25) is 0 Å². The zero-order valence-electron chi connectivity index (χ0n) is 15.4. The van der Waals surface area contributed by atoms with E-state index in [1.807, 2.05) is 11.0 Å². The second kappa shape index (κ2) is 8.36. The van der Waals surface area contributed by atoms with Gasteiger partial charge in [0.2, 0.25) is 5.91 Å². The summed E-state index contributed by atoms with van der Waals surface area (Å²) in [5.41, 5.74) is 0.933. The van der Waals surface area contributed by atoms with Crippen molar-refractivity contribution >= 4 is 17.2 Å². The van der Waals surface area contributed by atoms with E-state index in [-0.39, 0.29) is 5.82 Å². The van der Waals surface area contributed by atoms with E-state index in [0.29, 0.717) is 18.2 Å². The van der Waals surface area contributed by atoms with E-state index in [4.69, 9.17) is 0 Å². The number of allylic oxidation sites excluding steroid dienone is 2. The number of benzene rings is 1. The number of piperazine rings is 1. The molecule has 5 heteroatoms. The van der Waals surface area contributed by atoms with Gasteiger partial charge >= 0.3 is 0 Å². The molecule has 0 saturated carbocycles. The van der Waals surface area contributed by atoms with Crippen molar-refractivity contribution in [1.82, 2.24) is 9.80 Å². The van der Waals surface area contributed by atoms with Gasteiger partial charge in [0.15, 0.2) is 0 Å². The quantitative estimate of drug-likeness (QED) is 0.706. The number of nitrogens with zero attached hydrogens (tertiary/aromatic N) is 2. The van der Waals surface area contributed by atoms with Crippen LogP contribution >= 0.6 is 11.3 Å². The summed E-state index contributed by atoms with van der Waals surface area (Å²) in [5, 5.41) is 0. The van der Waals surface area contributed by atoms with E-state index < -0.39 is 0 Å². The third kappa shape index (κ3) is 4.66. The molecule has 0 radical (unpaired) electrons. The zero-order chi connectivity index (χ0) is 18.6. The van der Waals surface area contributed by atoms with Crippen molar-refractivity contribution in [3.63, 3.8) is 0 Å². The lowest BCUT2D eigenvalue weighted by atomic mass is 10.0. The number of thiophene rings is 1. The topological polar surface area (TPSA) is 23.6 Å². The number of hydrogen-bond acceptors (Lipinski definition) is 3. The molecule has 0 bridgehead atoms. The molecule has 27 heavy (non-hydrogen) atoms. The molecule has 1 fully saturated rings. The molecule has 1 amide bonds. The highest BCUT2D eigenvalue weighted by molar-refractivity contribution is 7.15. The summed E-state index contributed by atoms with van der Waals surface area (Å²) in [5.74, 6) is 0.551. The summed E-state index contributed by atoms with van der Waals surface area (Å²) in [4.78, 5) is 19.3. The highest BCUT2D eigenvalue weighted by atomic mass is 32.1. The Morgan fingerprint density at radius 3 is 2.74 bits per heavy atom. The van der Waals surface area contributed by atoms with Gasteiger partial charge in [-0.25, -0.2) is 4.39 Å². The van der Waals surface area contributed by atoms with Gasteiger partial charge in [-0.2, -0.15) is 0 Å². The van der Waals surface area contributed by atoms with E-state index in [0.717, 1.165) is 56.0 Å². The first-order valence-electron chi connectivity index (χ1n) is 9.69. The molecule has 1 aromatic heterocycles. The number of carbonyl (C=O) groups excluding carboxylic acids is 1. The number of hydrogen-bond donors (Lipinski definition) is 0. The maximum absolute atomic E-state index is 13.4. The van der Waals surface area contributed by atoms with Gasteiger partial charge in [-0.1, -0.05) is 24.3 Å². The Balaban J connectivity index is 1.28. The van der Waals surface area contributed by atoms with Crippen LogP contribution in [0.4, 0.5) is 4.39 Å². The number of rotatable bonds is 5. The molecule has 4 rings (SSSR count). The van der Waals surface area contributed by atoms with E-state index in [1.165, 1.54) is 10.9 Å². The largest absolute Gasteiger partial charge is 0.340 e. The molecule has 1 unspecified atom stereocenters. The summed E-state index contributed by atoms with van der Waals surface area (Å²) in [6.07, 6.45) is 7.29. The number of halogens is 1. The molecular weight excluding hydrogens is 359 g/mol. The molecule has 2 aromatic rings. The van der Waals surface area contributed by atoms with Crippen LogP contribution in [0, 0.1) is 11.7 Å². The highest BCUT2D eigenvalue weighted by Gasteiger charge is 2.23. The lowest BCUT2D eigenvalue weighted by molar-refractivity contribution is -0.133. The van der Waals surface area contributed by atoms with Crippen LogP contribution in [0.5, 0.6) is 0 Å². The van der Waals surface area contributed by atoms with Crippen molar-refractivity contribution in [2.75, 3.05) is 26.2 Å². The average molecular weight is 385 g/mol. The van der Waals surface area contributed by atoms with Gasteiger partial charge in [0.25, 0.3) is 0 Å². The SMILES string of the molecule is O=C(CC1C=CCC1)N1CCN(Cc2ccc(-c3cccc(F)c3)s2)CC1. The van der Waals surface area contributed by atoms with Gasteiger partial charge in [-0.15, -0.1) is 11.3 Å². The fourth-order valence-corrected chi connectivity index (χ4v) is 4.90. The Hall–Kier alpha value is -1.98. The summed E-state index contributed by atoms with van der Waals surface area (Å²) in [7, 11) is 0. The smallest absolute Gasteiger partial charge is 0.223 e. The number of carbonyl (C=O) groups is 1. The Morgan fingerprint density at radius 1 is 1.15 bits per heavy atom. The predicted molar refractivity (Wildman–Crippen MR) is 108 cm³/mol.